The Morgan fingerprint density at radius 3 is 2.80 bits per heavy atom. The molecule has 0 aromatic rings. The summed E-state index contributed by atoms with van der Waals surface area (Å²) in [6.45, 7) is 1.61. The molecule has 86 valence electrons. The summed E-state index contributed by atoms with van der Waals surface area (Å²) in [7, 11) is 0. The van der Waals surface area contributed by atoms with E-state index in [1.54, 1.807) is 6.92 Å². The highest BCUT2D eigenvalue weighted by Crippen LogP contribution is 2.19. The van der Waals surface area contributed by atoms with Gasteiger partial charge in [-0.15, -0.1) is 0 Å². The van der Waals surface area contributed by atoms with Gasteiger partial charge in [-0.05, 0) is 13.3 Å². The van der Waals surface area contributed by atoms with Gasteiger partial charge in [0.1, 0.15) is 18.0 Å². The SMILES string of the molecule is CC(O)CCC(=O)CC1OC(=O)CC1O. The third-order valence-electron chi connectivity index (χ3n) is 2.36. The van der Waals surface area contributed by atoms with Crippen molar-refractivity contribution in [1.82, 2.24) is 0 Å². The molecule has 3 unspecified atom stereocenters. The van der Waals surface area contributed by atoms with Gasteiger partial charge in [0.25, 0.3) is 0 Å². The molecule has 5 heteroatoms. The largest absolute Gasteiger partial charge is 0.459 e. The van der Waals surface area contributed by atoms with Crippen molar-refractivity contribution >= 4 is 11.8 Å². The van der Waals surface area contributed by atoms with Crippen molar-refractivity contribution in [3.8, 4) is 0 Å². The van der Waals surface area contributed by atoms with E-state index in [2.05, 4.69) is 0 Å². The smallest absolute Gasteiger partial charge is 0.308 e. The Labute approximate surface area is 88.0 Å². The standard InChI is InChI=1S/C10H16O5/c1-6(11)2-3-7(12)4-9-8(13)5-10(14)15-9/h6,8-9,11,13H,2-5H2,1H3. The fraction of sp³-hybridized carbons (Fsp3) is 0.800. The Morgan fingerprint density at radius 2 is 2.33 bits per heavy atom. The highest BCUT2D eigenvalue weighted by atomic mass is 16.6. The Bertz CT molecular complexity index is 248. The van der Waals surface area contributed by atoms with E-state index < -0.39 is 24.3 Å². The lowest BCUT2D eigenvalue weighted by molar-refractivity contribution is -0.142. The summed E-state index contributed by atoms with van der Waals surface area (Å²) in [5.41, 5.74) is 0. The monoisotopic (exact) mass is 216 g/mol. The lowest BCUT2D eigenvalue weighted by Crippen LogP contribution is -2.24. The predicted molar refractivity (Wildman–Crippen MR) is 51.0 cm³/mol. The first-order valence-electron chi connectivity index (χ1n) is 5.06. The Balaban J connectivity index is 2.29. The van der Waals surface area contributed by atoms with Gasteiger partial charge in [0.05, 0.1) is 12.5 Å². The molecule has 2 N–H and O–H groups in total. The minimum atomic E-state index is -0.868. The minimum Gasteiger partial charge on any atom is -0.459 e. The first-order valence-corrected chi connectivity index (χ1v) is 5.06. The van der Waals surface area contributed by atoms with Crippen molar-refractivity contribution in [1.29, 1.82) is 0 Å². The molecule has 0 saturated carbocycles. The maximum Gasteiger partial charge on any atom is 0.308 e. The number of aliphatic hydroxyl groups is 2. The molecular formula is C10H16O5. The number of esters is 1. The van der Waals surface area contributed by atoms with Crippen LogP contribution in [0.3, 0.4) is 0 Å². The zero-order valence-electron chi connectivity index (χ0n) is 8.68. The minimum absolute atomic E-state index is 0.0334. The lowest BCUT2D eigenvalue weighted by Gasteiger charge is -2.12. The molecule has 0 aliphatic carbocycles. The van der Waals surface area contributed by atoms with Gasteiger partial charge in [0.15, 0.2) is 0 Å². The van der Waals surface area contributed by atoms with Crippen molar-refractivity contribution in [2.75, 3.05) is 0 Å². The van der Waals surface area contributed by atoms with E-state index in [9.17, 15) is 14.7 Å². The van der Waals surface area contributed by atoms with Gasteiger partial charge in [-0.25, -0.2) is 0 Å². The van der Waals surface area contributed by atoms with Crippen LogP contribution in [0.4, 0.5) is 0 Å². The zero-order chi connectivity index (χ0) is 11.4. The van der Waals surface area contributed by atoms with Crippen molar-refractivity contribution in [3.63, 3.8) is 0 Å². The van der Waals surface area contributed by atoms with Crippen molar-refractivity contribution < 1.29 is 24.5 Å². The molecule has 1 saturated heterocycles. The van der Waals surface area contributed by atoms with E-state index in [0.717, 1.165) is 0 Å². The third kappa shape index (κ3) is 3.97. The molecular weight excluding hydrogens is 200 g/mol. The summed E-state index contributed by atoms with van der Waals surface area (Å²) in [5.74, 6) is -0.564. The van der Waals surface area contributed by atoms with Gasteiger partial charge in [0, 0.05) is 12.8 Å². The van der Waals surface area contributed by atoms with Crippen LogP contribution in [-0.4, -0.2) is 40.3 Å². The summed E-state index contributed by atoms with van der Waals surface area (Å²) in [6, 6.07) is 0. The molecule has 5 nitrogen and oxygen atoms in total. The number of carbonyl (C=O) groups excluding carboxylic acids is 2. The normalized spacial score (nSPS) is 27.5. The molecule has 3 atom stereocenters. The Morgan fingerprint density at radius 1 is 1.67 bits per heavy atom. The molecule has 1 fully saturated rings. The molecule has 0 bridgehead atoms. The Kier molecular flexibility index (Phi) is 4.23. The third-order valence-corrected chi connectivity index (χ3v) is 2.36. The maximum absolute atomic E-state index is 11.3. The van der Waals surface area contributed by atoms with Crippen LogP contribution in [-0.2, 0) is 14.3 Å². The molecule has 0 aromatic carbocycles. The molecule has 1 aliphatic rings. The van der Waals surface area contributed by atoms with Gasteiger partial charge >= 0.3 is 5.97 Å². The number of rotatable bonds is 5. The van der Waals surface area contributed by atoms with E-state index in [0.29, 0.717) is 6.42 Å². The number of ether oxygens (including phenoxy) is 1. The number of aliphatic hydroxyl groups excluding tert-OH is 2. The number of Topliss-reactive ketones (excluding diaryl/α,β-unsaturated/α-hetero) is 1. The highest BCUT2D eigenvalue weighted by Gasteiger charge is 2.34. The van der Waals surface area contributed by atoms with Crippen molar-refractivity contribution in [3.05, 3.63) is 0 Å². The maximum atomic E-state index is 11.3. The van der Waals surface area contributed by atoms with Crippen LogP contribution in [0.15, 0.2) is 0 Å². The number of ketones is 1. The number of cyclic esters (lactones) is 1. The molecule has 1 heterocycles. The van der Waals surface area contributed by atoms with Crippen LogP contribution in [0, 0.1) is 0 Å². The molecule has 0 radical (unpaired) electrons. The van der Waals surface area contributed by atoms with Gasteiger partial charge < -0.3 is 14.9 Å². The lowest BCUT2D eigenvalue weighted by atomic mass is 10.0. The summed E-state index contributed by atoms with van der Waals surface area (Å²) in [4.78, 5) is 22.1. The average molecular weight is 216 g/mol. The molecule has 0 amide bonds. The fourth-order valence-corrected chi connectivity index (χ4v) is 1.47. The molecule has 1 rings (SSSR count). The predicted octanol–water partition coefficient (Wildman–Crippen LogP) is -0.217. The average Bonchev–Trinajstić information content (AvgIpc) is 2.42. The molecule has 0 aromatic heterocycles. The molecule has 15 heavy (non-hydrogen) atoms. The van der Waals surface area contributed by atoms with Crippen LogP contribution in [0.25, 0.3) is 0 Å². The Hall–Kier alpha value is -0.940. The number of hydrogen-bond donors (Lipinski definition) is 2. The summed E-state index contributed by atoms with van der Waals surface area (Å²) in [5, 5.41) is 18.3. The van der Waals surface area contributed by atoms with Gasteiger partial charge in [-0.3, -0.25) is 9.59 Å². The van der Waals surface area contributed by atoms with Crippen molar-refractivity contribution in [2.24, 2.45) is 0 Å². The zero-order valence-corrected chi connectivity index (χ0v) is 8.68. The van der Waals surface area contributed by atoms with Crippen LogP contribution in [0.2, 0.25) is 0 Å². The van der Waals surface area contributed by atoms with Crippen LogP contribution < -0.4 is 0 Å². The first kappa shape index (κ1) is 12.1. The first-order chi connectivity index (χ1) is 6.99. The second-order valence-corrected chi connectivity index (χ2v) is 3.93. The van der Waals surface area contributed by atoms with E-state index >= 15 is 0 Å². The van der Waals surface area contributed by atoms with E-state index in [-0.39, 0.29) is 25.0 Å². The van der Waals surface area contributed by atoms with Crippen LogP contribution in [0.5, 0.6) is 0 Å². The van der Waals surface area contributed by atoms with Crippen LogP contribution in [0.1, 0.15) is 32.6 Å². The van der Waals surface area contributed by atoms with E-state index in [1.165, 1.54) is 0 Å². The van der Waals surface area contributed by atoms with Gasteiger partial charge in [0.2, 0.25) is 0 Å². The highest BCUT2D eigenvalue weighted by molar-refractivity contribution is 5.80. The van der Waals surface area contributed by atoms with Gasteiger partial charge in [-0.2, -0.15) is 0 Å². The quantitative estimate of drug-likeness (QED) is 0.621. The number of carbonyl (C=O) groups is 2. The second-order valence-electron chi connectivity index (χ2n) is 3.93. The van der Waals surface area contributed by atoms with Crippen molar-refractivity contribution in [2.45, 2.75) is 50.9 Å². The van der Waals surface area contributed by atoms with Crippen LogP contribution >= 0.6 is 0 Å². The summed E-state index contributed by atoms with van der Waals surface area (Å²) < 4.78 is 4.78. The topological polar surface area (TPSA) is 83.8 Å². The molecule has 1 aliphatic heterocycles. The van der Waals surface area contributed by atoms with Gasteiger partial charge in [-0.1, -0.05) is 0 Å². The van der Waals surface area contributed by atoms with E-state index in [1.807, 2.05) is 0 Å². The summed E-state index contributed by atoms with van der Waals surface area (Å²) in [6.07, 6.45) is -1.42. The number of hydrogen-bond acceptors (Lipinski definition) is 5. The fourth-order valence-electron chi connectivity index (χ4n) is 1.47. The molecule has 0 spiro atoms. The van der Waals surface area contributed by atoms with E-state index in [4.69, 9.17) is 9.84 Å². The second kappa shape index (κ2) is 5.23. The summed E-state index contributed by atoms with van der Waals surface area (Å²) >= 11 is 0.